The molecule has 0 saturated carbocycles. The van der Waals surface area contributed by atoms with E-state index in [1.807, 2.05) is 85.1 Å². The van der Waals surface area contributed by atoms with Crippen LogP contribution in [0.25, 0.3) is 10.8 Å². The van der Waals surface area contributed by atoms with E-state index in [2.05, 4.69) is 20.8 Å². The minimum absolute atomic E-state index is 0.109. The normalized spacial score (nSPS) is 11.8. The molecular weight excluding hydrogens is 474 g/mol. The molecule has 1 aromatic heterocycles. The molecule has 0 radical (unpaired) electrons. The van der Waals surface area contributed by atoms with Crippen LogP contribution in [-0.2, 0) is 22.6 Å². The number of thioether (sulfide) groups is 1. The zero-order chi connectivity index (χ0) is 25.5. The van der Waals surface area contributed by atoms with E-state index in [-0.39, 0.29) is 30.0 Å². The van der Waals surface area contributed by atoms with Crippen LogP contribution in [0.2, 0.25) is 0 Å². The van der Waals surface area contributed by atoms with Crippen LogP contribution in [0.5, 0.6) is 5.75 Å². The lowest BCUT2D eigenvalue weighted by Crippen LogP contribution is -2.30. The second kappa shape index (κ2) is 11.7. The van der Waals surface area contributed by atoms with Gasteiger partial charge in [-0.05, 0) is 43.0 Å². The van der Waals surface area contributed by atoms with Crippen molar-refractivity contribution < 1.29 is 14.3 Å². The zero-order valence-electron chi connectivity index (χ0n) is 20.5. The Morgan fingerprint density at radius 2 is 1.75 bits per heavy atom. The molecule has 0 saturated heterocycles. The lowest BCUT2D eigenvalue weighted by Gasteiger charge is -2.15. The van der Waals surface area contributed by atoms with E-state index < -0.39 is 0 Å². The zero-order valence-corrected chi connectivity index (χ0v) is 21.3. The van der Waals surface area contributed by atoms with E-state index in [0.29, 0.717) is 17.5 Å². The fourth-order valence-corrected chi connectivity index (χ4v) is 4.77. The van der Waals surface area contributed by atoms with Gasteiger partial charge >= 0.3 is 0 Å². The van der Waals surface area contributed by atoms with Gasteiger partial charge in [0.25, 0.3) is 0 Å². The van der Waals surface area contributed by atoms with Crippen molar-refractivity contribution in [1.82, 2.24) is 20.1 Å². The molecule has 186 valence electrons. The van der Waals surface area contributed by atoms with Crippen molar-refractivity contribution in [2.24, 2.45) is 0 Å². The van der Waals surface area contributed by atoms with Crippen molar-refractivity contribution in [2.45, 2.75) is 38.0 Å². The first-order valence-corrected chi connectivity index (χ1v) is 12.7. The van der Waals surface area contributed by atoms with E-state index in [4.69, 9.17) is 4.74 Å². The van der Waals surface area contributed by atoms with Gasteiger partial charge in [0.1, 0.15) is 5.75 Å². The first-order chi connectivity index (χ1) is 17.5. The number of methoxy groups -OCH3 is 1. The fraction of sp³-hybridized carbons (Fsp3) is 0.259. The molecule has 9 heteroatoms. The molecule has 1 heterocycles. The van der Waals surface area contributed by atoms with Crippen LogP contribution in [0.1, 0.15) is 31.3 Å². The van der Waals surface area contributed by atoms with Crippen molar-refractivity contribution in [3.05, 3.63) is 78.1 Å². The Kier molecular flexibility index (Phi) is 8.22. The highest BCUT2D eigenvalue weighted by atomic mass is 32.2. The summed E-state index contributed by atoms with van der Waals surface area (Å²) >= 11 is 1.32. The van der Waals surface area contributed by atoms with Gasteiger partial charge in [0.05, 0.1) is 25.3 Å². The lowest BCUT2D eigenvalue weighted by molar-refractivity contribution is -0.121. The van der Waals surface area contributed by atoms with Crippen molar-refractivity contribution in [3.63, 3.8) is 0 Å². The van der Waals surface area contributed by atoms with Crippen LogP contribution >= 0.6 is 11.8 Å². The number of carbonyl (C=O) groups is 2. The van der Waals surface area contributed by atoms with Crippen LogP contribution < -0.4 is 15.4 Å². The maximum atomic E-state index is 12.7. The summed E-state index contributed by atoms with van der Waals surface area (Å²) in [6, 6.07) is 20.8. The minimum Gasteiger partial charge on any atom is -0.497 e. The molecule has 0 aliphatic rings. The van der Waals surface area contributed by atoms with Gasteiger partial charge in [0.2, 0.25) is 11.8 Å². The molecule has 0 unspecified atom stereocenters. The molecule has 1 atom stereocenters. The van der Waals surface area contributed by atoms with Gasteiger partial charge in [-0.25, -0.2) is 0 Å². The Labute approximate surface area is 214 Å². The molecule has 0 aliphatic carbocycles. The van der Waals surface area contributed by atoms with Crippen LogP contribution in [0.4, 0.5) is 5.69 Å². The third-order valence-electron chi connectivity index (χ3n) is 5.75. The van der Waals surface area contributed by atoms with Gasteiger partial charge in [-0.3, -0.25) is 9.59 Å². The molecule has 4 rings (SSSR count). The van der Waals surface area contributed by atoms with Crippen LogP contribution in [-0.4, -0.2) is 39.4 Å². The first kappa shape index (κ1) is 25.2. The topological polar surface area (TPSA) is 98.1 Å². The predicted molar refractivity (Wildman–Crippen MR) is 142 cm³/mol. The number of nitrogens with one attached hydrogen (secondary N) is 2. The Bertz CT molecular complexity index is 1350. The molecule has 36 heavy (non-hydrogen) atoms. The average molecular weight is 504 g/mol. The number of benzene rings is 3. The molecule has 0 spiro atoms. The average Bonchev–Trinajstić information content (AvgIpc) is 3.31. The molecule has 3 aromatic carbocycles. The van der Waals surface area contributed by atoms with Gasteiger partial charge in [0.15, 0.2) is 11.0 Å². The van der Waals surface area contributed by atoms with Crippen LogP contribution in [0.15, 0.2) is 71.9 Å². The summed E-state index contributed by atoms with van der Waals surface area (Å²) in [4.78, 5) is 25.3. The first-order valence-electron chi connectivity index (χ1n) is 11.7. The minimum atomic E-state index is -0.331. The number of nitrogens with zero attached hydrogens (tertiary/aromatic N) is 3. The smallest absolute Gasteiger partial charge is 0.234 e. The summed E-state index contributed by atoms with van der Waals surface area (Å²) in [5.74, 6) is 1.36. The summed E-state index contributed by atoms with van der Waals surface area (Å²) in [5.41, 5.74) is 1.68. The highest BCUT2D eigenvalue weighted by Crippen LogP contribution is 2.25. The van der Waals surface area contributed by atoms with Crippen molar-refractivity contribution >= 4 is 40.0 Å². The largest absolute Gasteiger partial charge is 0.497 e. The number of hydrogen-bond acceptors (Lipinski definition) is 6. The lowest BCUT2D eigenvalue weighted by atomic mass is 10.1. The number of anilines is 1. The van der Waals surface area contributed by atoms with E-state index >= 15 is 0 Å². The molecular formula is C27H29N5O3S. The van der Waals surface area contributed by atoms with Crippen molar-refractivity contribution in [2.75, 3.05) is 18.2 Å². The Balaban J connectivity index is 1.35. The Morgan fingerprint density at radius 3 is 2.50 bits per heavy atom. The molecule has 2 amide bonds. The van der Waals surface area contributed by atoms with Crippen LogP contribution in [0, 0.1) is 0 Å². The molecule has 0 bridgehead atoms. The van der Waals surface area contributed by atoms with E-state index in [0.717, 1.165) is 27.8 Å². The monoisotopic (exact) mass is 503 g/mol. The molecule has 2 N–H and O–H groups in total. The van der Waals surface area contributed by atoms with E-state index in [1.54, 1.807) is 7.11 Å². The highest BCUT2D eigenvalue weighted by molar-refractivity contribution is 7.99. The standard InChI is InChI=1S/C27H29N5O3S/c1-4-32-26(18(2)28-24(33)16-19-12-14-21(35-3)15-13-19)30-31-27(32)36-17-25(34)29-23-11-7-9-20-8-5-6-10-22(20)23/h5-15,18H,4,16-17H2,1-3H3,(H,28,33)(H,29,34)/t18-/m1/s1. The number of fused-ring (bicyclic) bond motifs is 1. The maximum Gasteiger partial charge on any atom is 0.234 e. The number of amides is 2. The SMILES string of the molecule is CCn1c(SCC(=O)Nc2cccc3ccccc23)nnc1[C@@H](C)NC(=O)Cc1ccc(OC)cc1. The van der Waals surface area contributed by atoms with Gasteiger partial charge in [-0.1, -0.05) is 60.3 Å². The second-order valence-electron chi connectivity index (χ2n) is 8.26. The van der Waals surface area contributed by atoms with Crippen LogP contribution in [0.3, 0.4) is 0 Å². The number of hydrogen-bond donors (Lipinski definition) is 2. The second-order valence-corrected chi connectivity index (χ2v) is 9.21. The summed E-state index contributed by atoms with van der Waals surface area (Å²) in [6.45, 7) is 4.48. The molecule has 8 nitrogen and oxygen atoms in total. The van der Waals surface area contributed by atoms with E-state index in [9.17, 15) is 9.59 Å². The molecule has 0 aliphatic heterocycles. The van der Waals surface area contributed by atoms with Gasteiger partial charge in [-0.2, -0.15) is 0 Å². The van der Waals surface area contributed by atoms with Crippen molar-refractivity contribution in [1.29, 1.82) is 0 Å². The fourth-order valence-electron chi connectivity index (χ4n) is 3.96. The third-order valence-corrected chi connectivity index (χ3v) is 6.71. The summed E-state index contributed by atoms with van der Waals surface area (Å²) < 4.78 is 7.08. The third kappa shape index (κ3) is 6.04. The van der Waals surface area contributed by atoms with E-state index in [1.165, 1.54) is 11.8 Å². The Morgan fingerprint density at radius 1 is 1.00 bits per heavy atom. The van der Waals surface area contributed by atoms with Gasteiger partial charge in [0, 0.05) is 17.6 Å². The maximum absolute atomic E-state index is 12.7. The summed E-state index contributed by atoms with van der Waals surface area (Å²) in [6.07, 6.45) is 0.255. The highest BCUT2D eigenvalue weighted by Gasteiger charge is 2.20. The number of aromatic nitrogens is 3. The van der Waals surface area contributed by atoms with Gasteiger partial charge < -0.3 is 19.9 Å². The number of carbonyl (C=O) groups excluding carboxylic acids is 2. The van der Waals surface area contributed by atoms with Gasteiger partial charge in [-0.15, -0.1) is 10.2 Å². The molecule has 4 aromatic rings. The quantitative estimate of drug-likeness (QED) is 0.307. The summed E-state index contributed by atoms with van der Waals surface area (Å²) in [7, 11) is 1.61. The molecule has 0 fully saturated rings. The number of ether oxygens (including phenoxy) is 1. The number of rotatable bonds is 10. The summed E-state index contributed by atoms with van der Waals surface area (Å²) in [5, 5.41) is 17.3. The van der Waals surface area contributed by atoms with Crippen molar-refractivity contribution in [3.8, 4) is 5.75 Å². The Hall–Kier alpha value is -3.85. The predicted octanol–water partition coefficient (Wildman–Crippen LogP) is 4.61.